The van der Waals surface area contributed by atoms with Gasteiger partial charge in [0.2, 0.25) is 5.95 Å². The molecule has 0 radical (unpaired) electrons. The molecule has 1 saturated heterocycles. The van der Waals surface area contributed by atoms with Crippen molar-refractivity contribution in [3.05, 3.63) is 42.2 Å². The summed E-state index contributed by atoms with van der Waals surface area (Å²) in [6.07, 6.45) is 7.68. The summed E-state index contributed by atoms with van der Waals surface area (Å²) in [6.45, 7) is 4.29. The van der Waals surface area contributed by atoms with Crippen LogP contribution in [0.25, 0.3) is 0 Å². The molecule has 2 aliphatic rings. The summed E-state index contributed by atoms with van der Waals surface area (Å²) in [5, 5.41) is 6.26. The average Bonchev–Trinajstić information content (AvgIpc) is 3.23. The Morgan fingerprint density at radius 3 is 2.29 bits per heavy atom. The third-order valence-corrected chi connectivity index (χ3v) is 5.60. The molecule has 4 rings (SSSR count). The lowest BCUT2D eigenvalue weighted by Crippen LogP contribution is -2.44. The topological polar surface area (TPSA) is 73.4 Å². The summed E-state index contributed by atoms with van der Waals surface area (Å²) in [7, 11) is 2.16. The molecule has 1 aliphatic carbocycles. The largest absolute Gasteiger partial charge is 0.369 e. The summed E-state index contributed by atoms with van der Waals surface area (Å²) in [4.78, 5) is 25.6. The summed E-state index contributed by atoms with van der Waals surface area (Å²) < 4.78 is 0. The zero-order chi connectivity index (χ0) is 19.3. The van der Waals surface area contributed by atoms with Crippen molar-refractivity contribution in [2.24, 2.45) is 0 Å². The Bertz CT molecular complexity index is 778. The zero-order valence-corrected chi connectivity index (χ0v) is 16.4. The molecule has 1 aromatic carbocycles. The van der Waals surface area contributed by atoms with Crippen molar-refractivity contribution >= 4 is 23.2 Å². The number of benzene rings is 1. The average molecular weight is 380 g/mol. The number of carbonyl (C=O) groups excluding carboxylic acids is 1. The molecule has 0 atom stereocenters. The molecule has 1 saturated carbocycles. The van der Waals surface area contributed by atoms with Crippen LogP contribution in [0.1, 0.15) is 36.0 Å². The van der Waals surface area contributed by atoms with Gasteiger partial charge in [0.05, 0.1) is 5.56 Å². The molecule has 7 heteroatoms. The molecule has 148 valence electrons. The van der Waals surface area contributed by atoms with E-state index in [9.17, 15) is 4.79 Å². The molecule has 2 heterocycles. The monoisotopic (exact) mass is 380 g/mol. The van der Waals surface area contributed by atoms with Crippen LogP contribution in [-0.4, -0.2) is 60.0 Å². The molecule has 0 bridgehead atoms. The highest BCUT2D eigenvalue weighted by atomic mass is 16.1. The Morgan fingerprint density at radius 2 is 1.64 bits per heavy atom. The predicted molar refractivity (Wildman–Crippen MR) is 111 cm³/mol. The lowest BCUT2D eigenvalue weighted by Gasteiger charge is -2.34. The number of nitrogens with zero attached hydrogens (tertiary/aromatic N) is 4. The minimum atomic E-state index is -0.0880. The maximum atomic E-state index is 12.3. The SMILES string of the molecule is CN1CCN(c2ccc(Nc3ncc(C(=O)NC4CCCC4)cn3)cc2)CC1. The molecule has 2 fully saturated rings. The number of aromatic nitrogens is 2. The second kappa shape index (κ2) is 8.56. The van der Waals surface area contributed by atoms with Crippen molar-refractivity contribution in [1.82, 2.24) is 20.2 Å². The van der Waals surface area contributed by atoms with E-state index in [2.05, 4.69) is 49.6 Å². The first-order chi connectivity index (χ1) is 13.7. The Balaban J connectivity index is 1.33. The van der Waals surface area contributed by atoms with Crippen molar-refractivity contribution in [3.8, 4) is 0 Å². The standard InChI is InChI=1S/C21H28N6O/c1-26-10-12-27(13-11-26)19-8-6-18(7-9-19)25-21-22-14-16(15-23-21)20(28)24-17-4-2-3-5-17/h6-9,14-15,17H,2-5,10-13H2,1H3,(H,24,28)(H,22,23,25). The van der Waals surface area contributed by atoms with Crippen molar-refractivity contribution < 1.29 is 4.79 Å². The van der Waals surface area contributed by atoms with Gasteiger partial charge in [0.1, 0.15) is 0 Å². The molecular formula is C21H28N6O. The fourth-order valence-electron chi connectivity index (χ4n) is 3.80. The van der Waals surface area contributed by atoms with Crippen LogP contribution in [-0.2, 0) is 0 Å². The minimum absolute atomic E-state index is 0.0880. The number of rotatable bonds is 5. The number of piperazine rings is 1. The number of carbonyl (C=O) groups is 1. The van der Waals surface area contributed by atoms with Gasteiger partial charge >= 0.3 is 0 Å². The van der Waals surface area contributed by atoms with E-state index in [1.165, 1.54) is 18.5 Å². The van der Waals surface area contributed by atoms with Gasteiger partial charge in [-0.3, -0.25) is 4.79 Å². The number of nitrogens with one attached hydrogen (secondary N) is 2. The molecule has 0 unspecified atom stereocenters. The van der Waals surface area contributed by atoms with Gasteiger partial charge in [-0.05, 0) is 44.2 Å². The molecule has 1 aromatic heterocycles. The van der Waals surface area contributed by atoms with Crippen molar-refractivity contribution in [3.63, 3.8) is 0 Å². The molecule has 2 aromatic rings. The number of amides is 1. The van der Waals surface area contributed by atoms with Crippen LogP contribution in [0.3, 0.4) is 0 Å². The summed E-state index contributed by atoms with van der Waals surface area (Å²) >= 11 is 0. The van der Waals surface area contributed by atoms with E-state index in [1.807, 2.05) is 12.1 Å². The lowest BCUT2D eigenvalue weighted by molar-refractivity contribution is 0.0937. The maximum absolute atomic E-state index is 12.3. The van der Waals surface area contributed by atoms with E-state index in [4.69, 9.17) is 0 Å². The molecule has 2 N–H and O–H groups in total. The number of hydrogen-bond donors (Lipinski definition) is 2. The maximum Gasteiger partial charge on any atom is 0.254 e. The molecule has 0 spiro atoms. The Labute approximate surface area is 166 Å². The lowest BCUT2D eigenvalue weighted by atomic mass is 10.2. The molecule has 1 amide bonds. The second-order valence-corrected chi connectivity index (χ2v) is 7.71. The Hall–Kier alpha value is -2.67. The smallest absolute Gasteiger partial charge is 0.254 e. The van der Waals surface area contributed by atoms with E-state index >= 15 is 0 Å². The predicted octanol–water partition coefficient (Wildman–Crippen LogP) is 2.64. The van der Waals surface area contributed by atoms with Crippen molar-refractivity contribution in [2.45, 2.75) is 31.7 Å². The van der Waals surface area contributed by atoms with Gasteiger partial charge in [-0.15, -0.1) is 0 Å². The van der Waals surface area contributed by atoms with E-state index in [-0.39, 0.29) is 5.91 Å². The zero-order valence-electron chi connectivity index (χ0n) is 16.4. The first-order valence-corrected chi connectivity index (χ1v) is 10.1. The van der Waals surface area contributed by atoms with Crippen molar-refractivity contribution in [2.75, 3.05) is 43.4 Å². The summed E-state index contributed by atoms with van der Waals surface area (Å²) in [5.74, 6) is 0.403. The minimum Gasteiger partial charge on any atom is -0.369 e. The van der Waals surface area contributed by atoms with Crippen molar-refractivity contribution in [1.29, 1.82) is 0 Å². The second-order valence-electron chi connectivity index (χ2n) is 7.71. The number of hydrogen-bond acceptors (Lipinski definition) is 6. The van der Waals surface area contributed by atoms with E-state index in [1.54, 1.807) is 12.4 Å². The van der Waals surface area contributed by atoms with Crippen LogP contribution in [0.4, 0.5) is 17.3 Å². The molecular weight excluding hydrogens is 352 g/mol. The van der Waals surface area contributed by atoms with Crippen LogP contribution in [0.5, 0.6) is 0 Å². The quantitative estimate of drug-likeness (QED) is 0.831. The first-order valence-electron chi connectivity index (χ1n) is 10.1. The molecule has 28 heavy (non-hydrogen) atoms. The fourth-order valence-corrected chi connectivity index (χ4v) is 3.80. The molecule has 1 aliphatic heterocycles. The Morgan fingerprint density at radius 1 is 1.00 bits per heavy atom. The van der Waals surface area contributed by atoms with Gasteiger partial charge < -0.3 is 20.4 Å². The summed E-state index contributed by atoms with van der Waals surface area (Å²) in [6, 6.07) is 8.62. The van der Waals surface area contributed by atoms with Crippen LogP contribution in [0.2, 0.25) is 0 Å². The van der Waals surface area contributed by atoms with Crippen LogP contribution < -0.4 is 15.5 Å². The number of likely N-dealkylation sites (N-methyl/N-ethyl adjacent to an activating group) is 1. The Kier molecular flexibility index (Phi) is 5.71. The van der Waals surface area contributed by atoms with Gasteiger partial charge in [-0.25, -0.2) is 9.97 Å². The van der Waals surface area contributed by atoms with E-state index < -0.39 is 0 Å². The molecule has 7 nitrogen and oxygen atoms in total. The first kappa shape index (κ1) is 18.7. The normalized spacial score (nSPS) is 18.2. The van der Waals surface area contributed by atoms with Gasteiger partial charge in [0.15, 0.2) is 0 Å². The highest BCUT2D eigenvalue weighted by molar-refractivity contribution is 5.93. The summed E-state index contributed by atoms with van der Waals surface area (Å²) in [5.41, 5.74) is 2.67. The van der Waals surface area contributed by atoms with Gasteiger partial charge in [0, 0.05) is 56.0 Å². The highest BCUT2D eigenvalue weighted by Crippen LogP contribution is 2.21. The van der Waals surface area contributed by atoms with E-state index in [0.29, 0.717) is 17.6 Å². The van der Waals surface area contributed by atoms with Crippen LogP contribution >= 0.6 is 0 Å². The fraction of sp³-hybridized carbons (Fsp3) is 0.476. The van der Waals surface area contributed by atoms with Crippen LogP contribution in [0.15, 0.2) is 36.7 Å². The number of anilines is 3. The third-order valence-electron chi connectivity index (χ3n) is 5.60. The highest BCUT2D eigenvalue weighted by Gasteiger charge is 2.18. The van der Waals surface area contributed by atoms with E-state index in [0.717, 1.165) is 44.7 Å². The van der Waals surface area contributed by atoms with Gasteiger partial charge in [0.25, 0.3) is 5.91 Å². The van der Waals surface area contributed by atoms with Gasteiger partial charge in [-0.1, -0.05) is 12.8 Å². The van der Waals surface area contributed by atoms with Crippen LogP contribution in [0, 0.1) is 0 Å². The third kappa shape index (κ3) is 4.59. The van der Waals surface area contributed by atoms with Gasteiger partial charge in [-0.2, -0.15) is 0 Å².